The Bertz CT molecular complexity index is 680. The van der Waals surface area contributed by atoms with E-state index in [1.54, 1.807) is 6.07 Å². The highest BCUT2D eigenvalue weighted by Gasteiger charge is 2.48. The lowest BCUT2D eigenvalue weighted by atomic mass is 9.69. The van der Waals surface area contributed by atoms with Gasteiger partial charge in [-0.3, -0.25) is 14.6 Å². The Morgan fingerprint density at radius 2 is 2.07 bits per heavy atom. The van der Waals surface area contributed by atoms with Gasteiger partial charge >= 0.3 is 5.97 Å². The fourth-order valence-corrected chi connectivity index (χ4v) is 6.09. The van der Waals surface area contributed by atoms with Crippen molar-refractivity contribution in [1.82, 2.24) is 9.80 Å². The van der Waals surface area contributed by atoms with E-state index < -0.39 is 0 Å². The number of likely N-dealkylation sites (tertiary alicyclic amines) is 1. The van der Waals surface area contributed by atoms with Gasteiger partial charge in [0.25, 0.3) is 0 Å². The van der Waals surface area contributed by atoms with Crippen LogP contribution in [0, 0.1) is 17.7 Å². The number of piperidine rings is 3. The summed E-state index contributed by atoms with van der Waals surface area (Å²) in [5.74, 6) is 1.12. The highest BCUT2D eigenvalue weighted by molar-refractivity contribution is 5.68. The molecular formula is C23H33FN2O2. The van der Waals surface area contributed by atoms with Gasteiger partial charge in [-0.15, -0.1) is 0 Å². The number of carbonyl (C=O) groups excluding carboxylic acids is 1. The summed E-state index contributed by atoms with van der Waals surface area (Å²) in [5, 5.41) is 0. The van der Waals surface area contributed by atoms with Gasteiger partial charge in [-0.2, -0.15) is 0 Å². The average molecular weight is 389 g/mol. The molecule has 1 aromatic rings. The van der Waals surface area contributed by atoms with Crippen molar-refractivity contribution >= 4 is 5.97 Å². The van der Waals surface area contributed by atoms with E-state index in [0.717, 1.165) is 37.4 Å². The van der Waals surface area contributed by atoms with Gasteiger partial charge in [-0.25, -0.2) is 4.39 Å². The largest absolute Gasteiger partial charge is 0.469 e. The quantitative estimate of drug-likeness (QED) is 0.693. The molecule has 3 fully saturated rings. The van der Waals surface area contributed by atoms with Gasteiger partial charge in [0, 0.05) is 31.6 Å². The average Bonchev–Trinajstić information content (AvgIpc) is 2.70. The van der Waals surface area contributed by atoms with Gasteiger partial charge < -0.3 is 4.74 Å². The number of halogens is 1. The van der Waals surface area contributed by atoms with E-state index in [4.69, 9.17) is 4.74 Å². The molecule has 0 radical (unpaired) electrons. The topological polar surface area (TPSA) is 32.8 Å². The summed E-state index contributed by atoms with van der Waals surface area (Å²) >= 11 is 0. The van der Waals surface area contributed by atoms with Crippen molar-refractivity contribution in [2.75, 3.05) is 26.7 Å². The Labute approximate surface area is 168 Å². The smallest absolute Gasteiger partial charge is 0.305 e. The van der Waals surface area contributed by atoms with Crippen LogP contribution in [0.5, 0.6) is 0 Å². The van der Waals surface area contributed by atoms with Gasteiger partial charge in [0.1, 0.15) is 5.82 Å². The first-order valence-corrected chi connectivity index (χ1v) is 10.9. The molecule has 0 aliphatic carbocycles. The molecule has 0 amide bonds. The fraction of sp³-hybridized carbons (Fsp3) is 0.696. The molecule has 154 valence electrons. The van der Waals surface area contributed by atoms with Crippen LogP contribution in [-0.2, 0) is 16.1 Å². The molecule has 0 spiro atoms. The zero-order chi connectivity index (χ0) is 19.5. The molecule has 3 aliphatic heterocycles. The monoisotopic (exact) mass is 388 g/mol. The summed E-state index contributed by atoms with van der Waals surface area (Å²) in [6.45, 7) is 4.39. The normalized spacial score (nSPS) is 30.6. The predicted octanol–water partition coefficient (Wildman–Crippen LogP) is 3.84. The molecule has 5 heteroatoms. The maximum absolute atomic E-state index is 13.7. The Kier molecular flexibility index (Phi) is 6.32. The minimum Gasteiger partial charge on any atom is -0.469 e. The van der Waals surface area contributed by atoms with Crippen molar-refractivity contribution in [2.45, 2.75) is 63.6 Å². The molecule has 3 saturated heterocycles. The zero-order valence-electron chi connectivity index (χ0n) is 17.0. The van der Waals surface area contributed by atoms with Gasteiger partial charge in [0.15, 0.2) is 0 Å². The van der Waals surface area contributed by atoms with Crippen LogP contribution in [0.1, 0.15) is 50.5 Å². The van der Waals surface area contributed by atoms with Crippen LogP contribution < -0.4 is 0 Å². The van der Waals surface area contributed by atoms with Crippen molar-refractivity contribution < 1.29 is 13.9 Å². The van der Waals surface area contributed by atoms with E-state index in [-0.39, 0.29) is 11.8 Å². The molecule has 0 aromatic heterocycles. The Balaban J connectivity index is 1.53. The maximum Gasteiger partial charge on any atom is 0.305 e. The van der Waals surface area contributed by atoms with Crippen molar-refractivity contribution in [1.29, 1.82) is 0 Å². The van der Waals surface area contributed by atoms with E-state index in [0.29, 0.717) is 24.4 Å². The van der Waals surface area contributed by atoms with Crippen LogP contribution in [0.25, 0.3) is 0 Å². The SMILES string of the molecule is COC(=O)CCC[C@@H]1[C@H]2CCCN3CCC[C@H](CN1Cc1cccc(F)c1)[C@@H]23. The maximum atomic E-state index is 13.7. The number of benzene rings is 1. The van der Waals surface area contributed by atoms with E-state index in [1.165, 1.54) is 51.9 Å². The summed E-state index contributed by atoms with van der Waals surface area (Å²) in [6.07, 6.45) is 7.54. The number of hydrogen-bond donors (Lipinski definition) is 0. The number of ether oxygens (including phenoxy) is 1. The first-order valence-electron chi connectivity index (χ1n) is 10.9. The van der Waals surface area contributed by atoms with Crippen molar-refractivity contribution in [3.63, 3.8) is 0 Å². The van der Waals surface area contributed by atoms with E-state index >= 15 is 0 Å². The first kappa shape index (κ1) is 19.8. The molecule has 1 aromatic carbocycles. The highest BCUT2D eigenvalue weighted by atomic mass is 19.1. The molecule has 3 aliphatic rings. The van der Waals surface area contributed by atoms with Crippen LogP contribution in [0.4, 0.5) is 4.39 Å². The Hall–Kier alpha value is -1.46. The molecule has 3 heterocycles. The van der Waals surface area contributed by atoms with Crippen LogP contribution in [0.15, 0.2) is 24.3 Å². The van der Waals surface area contributed by atoms with Crippen LogP contribution in [-0.4, -0.2) is 54.6 Å². The molecule has 0 unspecified atom stereocenters. The third kappa shape index (κ3) is 4.25. The first-order chi connectivity index (χ1) is 13.7. The fourth-order valence-electron chi connectivity index (χ4n) is 6.09. The number of nitrogens with zero attached hydrogens (tertiary/aromatic N) is 2. The van der Waals surface area contributed by atoms with Crippen LogP contribution in [0.3, 0.4) is 0 Å². The Morgan fingerprint density at radius 1 is 1.25 bits per heavy atom. The Morgan fingerprint density at radius 3 is 2.86 bits per heavy atom. The second-order valence-corrected chi connectivity index (χ2v) is 8.83. The summed E-state index contributed by atoms with van der Waals surface area (Å²) in [7, 11) is 1.46. The molecule has 4 nitrogen and oxygen atoms in total. The zero-order valence-corrected chi connectivity index (χ0v) is 17.0. The number of rotatable bonds is 6. The minimum atomic E-state index is -0.156. The molecular weight excluding hydrogens is 355 g/mol. The lowest BCUT2D eigenvalue weighted by molar-refractivity contribution is -0.141. The molecule has 4 atom stereocenters. The number of hydrogen-bond acceptors (Lipinski definition) is 4. The second kappa shape index (κ2) is 8.91. The van der Waals surface area contributed by atoms with E-state index in [1.807, 2.05) is 12.1 Å². The van der Waals surface area contributed by atoms with Crippen molar-refractivity contribution in [3.05, 3.63) is 35.6 Å². The minimum absolute atomic E-state index is 0.117. The standard InChI is InChI=1S/C23H33FN2O2/c1-28-22(27)11-3-10-21-20-9-5-13-25-12-4-7-18(23(20)25)16-26(21)15-17-6-2-8-19(24)14-17/h2,6,8,14,18,20-21,23H,3-5,7,9-13,15-16H2,1H3/t18-,20-,21-,23+/m1/s1. The van der Waals surface area contributed by atoms with Gasteiger partial charge in [0.05, 0.1) is 7.11 Å². The molecule has 0 N–H and O–H groups in total. The highest BCUT2D eigenvalue weighted by Crippen LogP contribution is 2.43. The van der Waals surface area contributed by atoms with Gasteiger partial charge in [-0.05, 0) is 81.1 Å². The lowest BCUT2D eigenvalue weighted by Gasteiger charge is -2.57. The molecule has 0 bridgehead atoms. The van der Waals surface area contributed by atoms with Crippen LogP contribution >= 0.6 is 0 Å². The van der Waals surface area contributed by atoms with E-state index in [2.05, 4.69) is 9.80 Å². The summed E-state index contributed by atoms with van der Waals surface area (Å²) in [5.41, 5.74) is 1.06. The summed E-state index contributed by atoms with van der Waals surface area (Å²) in [4.78, 5) is 17.0. The van der Waals surface area contributed by atoms with Crippen molar-refractivity contribution in [2.24, 2.45) is 11.8 Å². The van der Waals surface area contributed by atoms with Crippen molar-refractivity contribution in [3.8, 4) is 0 Å². The van der Waals surface area contributed by atoms with E-state index in [9.17, 15) is 9.18 Å². The number of esters is 1. The summed E-state index contributed by atoms with van der Waals surface area (Å²) < 4.78 is 18.6. The van der Waals surface area contributed by atoms with Gasteiger partial charge in [0.2, 0.25) is 0 Å². The lowest BCUT2D eigenvalue weighted by Crippen LogP contribution is -2.64. The summed E-state index contributed by atoms with van der Waals surface area (Å²) in [6, 6.07) is 8.21. The molecule has 0 saturated carbocycles. The van der Waals surface area contributed by atoms with Crippen LogP contribution in [0.2, 0.25) is 0 Å². The predicted molar refractivity (Wildman–Crippen MR) is 107 cm³/mol. The number of carbonyl (C=O) groups is 1. The third-order valence-electron chi connectivity index (χ3n) is 7.16. The molecule has 4 rings (SSSR count). The second-order valence-electron chi connectivity index (χ2n) is 8.83. The van der Waals surface area contributed by atoms with Gasteiger partial charge in [-0.1, -0.05) is 12.1 Å². The molecule has 28 heavy (non-hydrogen) atoms. The number of methoxy groups -OCH3 is 1. The third-order valence-corrected chi connectivity index (χ3v) is 7.16.